The van der Waals surface area contributed by atoms with Gasteiger partial charge in [0.15, 0.2) is 0 Å². The summed E-state index contributed by atoms with van der Waals surface area (Å²) >= 11 is 0. The molecule has 34 heavy (non-hydrogen) atoms. The molecule has 1 aliphatic rings. The summed E-state index contributed by atoms with van der Waals surface area (Å²) in [7, 11) is 0. The number of benzene rings is 3. The van der Waals surface area contributed by atoms with E-state index in [2.05, 4.69) is 22.8 Å². The van der Waals surface area contributed by atoms with Gasteiger partial charge in [-0.3, -0.25) is 9.59 Å². The van der Waals surface area contributed by atoms with Gasteiger partial charge in [0.1, 0.15) is 5.75 Å². The van der Waals surface area contributed by atoms with Gasteiger partial charge in [-0.25, -0.2) is 0 Å². The maximum atomic E-state index is 12.9. The highest BCUT2D eigenvalue weighted by Crippen LogP contribution is 2.35. The number of carbonyl (C=O) groups is 2. The number of rotatable bonds is 8. The van der Waals surface area contributed by atoms with Gasteiger partial charge in [-0.2, -0.15) is 0 Å². The number of anilines is 1. The van der Waals surface area contributed by atoms with E-state index in [-0.39, 0.29) is 17.2 Å². The zero-order chi connectivity index (χ0) is 23.8. The Balaban J connectivity index is 1.40. The third-order valence-corrected chi connectivity index (χ3v) is 6.26. The van der Waals surface area contributed by atoms with Gasteiger partial charge in [0.05, 0.1) is 6.61 Å². The van der Waals surface area contributed by atoms with E-state index in [1.807, 2.05) is 37.3 Å². The Morgan fingerprint density at radius 3 is 2.15 bits per heavy atom. The van der Waals surface area contributed by atoms with E-state index >= 15 is 0 Å². The molecular weight excluding hydrogens is 428 g/mol. The van der Waals surface area contributed by atoms with Crippen molar-refractivity contribution in [3.63, 3.8) is 0 Å². The molecule has 0 radical (unpaired) electrons. The number of amides is 2. The lowest BCUT2D eigenvalue weighted by molar-refractivity contribution is 0.0487. The Kier molecular flexibility index (Phi) is 7.60. The molecule has 2 N–H and O–H groups in total. The maximum Gasteiger partial charge on any atom is 0.255 e. The van der Waals surface area contributed by atoms with Crippen molar-refractivity contribution < 1.29 is 19.1 Å². The van der Waals surface area contributed by atoms with Crippen molar-refractivity contribution in [1.82, 2.24) is 5.32 Å². The highest BCUT2D eigenvalue weighted by atomic mass is 16.5. The van der Waals surface area contributed by atoms with Crippen LogP contribution in [0.1, 0.15) is 46.0 Å². The second-order valence-electron chi connectivity index (χ2n) is 8.43. The summed E-state index contributed by atoms with van der Waals surface area (Å²) in [6.07, 6.45) is 1.68. The largest absolute Gasteiger partial charge is 0.494 e. The summed E-state index contributed by atoms with van der Waals surface area (Å²) in [5.41, 5.74) is 2.77. The van der Waals surface area contributed by atoms with Crippen LogP contribution in [0.25, 0.3) is 0 Å². The minimum absolute atomic E-state index is 0.141. The van der Waals surface area contributed by atoms with Crippen LogP contribution in [0.15, 0.2) is 78.9 Å². The van der Waals surface area contributed by atoms with E-state index in [4.69, 9.17) is 9.47 Å². The van der Waals surface area contributed by atoms with Crippen LogP contribution in [0, 0.1) is 0 Å². The van der Waals surface area contributed by atoms with Crippen molar-refractivity contribution in [1.29, 1.82) is 0 Å². The maximum absolute atomic E-state index is 12.9. The van der Waals surface area contributed by atoms with Crippen LogP contribution in [-0.2, 0) is 10.2 Å². The highest BCUT2D eigenvalue weighted by molar-refractivity contribution is 6.04. The lowest BCUT2D eigenvalue weighted by Crippen LogP contribution is -2.44. The van der Waals surface area contributed by atoms with Crippen LogP contribution >= 0.6 is 0 Å². The van der Waals surface area contributed by atoms with Gasteiger partial charge in [0.25, 0.3) is 11.8 Å². The molecule has 176 valence electrons. The summed E-state index contributed by atoms with van der Waals surface area (Å²) < 4.78 is 11.2. The standard InChI is InChI=1S/C28H30N2O4/c1-2-34-25-14-10-23(11-15-25)28(16-18-33-19-17-28)20-29-26(31)22-8-12-24(13-9-22)30-27(32)21-6-4-3-5-7-21/h3-15H,2,16-20H2,1H3,(H,29,31)(H,30,32). The first-order valence-corrected chi connectivity index (χ1v) is 11.7. The second kappa shape index (κ2) is 11.0. The molecule has 0 bridgehead atoms. The zero-order valence-corrected chi connectivity index (χ0v) is 19.4. The Morgan fingerprint density at radius 1 is 0.853 bits per heavy atom. The van der Waals surface area contributed by atoms with Crippen LogP contribution in [0.3, 0.4) is 0 Å². The van der Waals surface area contributed by atoms with E-state index < -0.39 is 0 Å². The van der Waals surface area contributed by atoms with Crippen LogP contribution in [0.4, 0.5) is 5.69 Å². The molecule has 0 saturated carbocycles. The number of nitrogens with one attached hydrogen (secondary N) is 2. The smallest absolute Gasteiger partial charge is 0.255 e. The van der Waals surface area contributed by atoms with E-state index in [0.29, 0.717) is 43.2 Å². The fourth-order valence-electron chi connectivity index (χ4n) is 4.25. The molecule has 1 saturated heterocycles. The summed E-state index contributed by atoms with van der Waals surface area (Å²) in [5, 5.41) is 5.98. The van der Waals surface area contributed by atoms with Crippen LogP contribution in [-0.4, -0.2) is 38.2 Å². The molecule has 1 fully saturated rings. The van der Waals surface area contributed by atoms with E-state index in [1.54, 1.807) is 36.4 Å². The predicted molar refractivity (Wildman–Crippen MR) is 133 cm³/mol. The Labute approximate surface area is 200 Å². The molecule has 0 atom stereocenters. The van der Waals surface area contributed by atoms with Crippen molar-refractivity contribution >= 4 is 17.5 Å². The zero-order valence-electron chi connectivity index (χ0n) is 19.4. The van der Waals surface area contributed by atoms with Crippen molar-refractivity contribution in [3.05, 3.63) is 95.6 Å². The second-order valence-corrected chi connectivity index (χ2v) is 8.43. The van der Waals surface area contributed by atoms with Crippen LogP contribution in [0.2, 0.25) is 0 Å². The van der Waals surface area contributed by atoms with Gasteiger partial charge in [0, 0.05) is 42.0 Å². The fourth-order valence-corrected chi connectivity index (χ4v) is 4.25. The molecule has 0 unspecified atom stereocenters. The van der Waals surface area contributed by atoms with Gasteiger partial charge in [-0.15, -0.1) is 0 Å². The first kappa shape index (κ1) is 23.5. The van der Waals surface area contributed by atoms with Crippen molar-refractivity contribution in [2.45, 2.75) is 25.2 Å². The molecule has 3 aromatic carbocycles. The first-order chi connectivity index (χ1) is 16.6. The average Bonchev–Trinajstić information content (AvgIpc) is 2.89. The SMILES string of the molecule is CCOc1ccc(C2(CNC(=O)c3ccc(NC(=O)c4ccccc4)cc3)CCOCC2)cc1. The molecule has 0 aromatic heterocycles. The third-order valence-electron chi connectivity index (χ3n) is 6.26. The Hall–Kier alpha value is -3.64. The van der Waals surface area contributed by atoms with Crippen molar-refractivity contribution in [3.8, 4) is 5.75 Å². The molecule has 0 spiro atoms. The lowest BCUT2D eigenvalue weighted by atomic mass is 9.74. The predicted octanol–water partition coefficient (Wildman–Crippen LogP) is 4.82. The normalized spacial score (nSPS) is 14.7. The van der Waals surface area contributed by atoms with Crippen molar-refractivity contribution in [2.75, 3.05) is 31.7 Å². The molecular formula is C28H30N2O4. The van der Waals surface area contributed by atoms with Gasteiger partial charge in [0.2, 0.25) is 0 Å². The Bertz CT molecular complexity index is 1090. The Morgan fingerprint density at radius 2 is 1.50 bits per heavy atom. The number of hydrogen-bond acceptors (Lipinski definition) is 4. The monoisotopic (exact) mass is 458 g/mol. The molecule has 1 aliphatic heterocycles. The summed E-state index contributed by atoms with van der Waals surface area (Å²) in [5.74, 6) is 0.518. The van der Waals surface area contributed by atoms with E-state index in [9.17, 15) is 9.59 Å². The van der Waals surface area contributed by atoms with Crippen molar-refractivity contribution in [2.24, 2.45) is 0 Å². The highest BCUT2D eigenvalue weighted by Gasteiger charge is 2.35. The topological polar surface area (TPSA) is 76.7 Å². The molecule has 0 aliphatic carbocycles. The minimum Gasteiger partial charge on any atom is -0.494 e. The van der Waals surface area contributed by atoms with Gasteiger partial charge in [-0.1, -0.05) is 30.3 Å². The molecule has 2 amide bonds. The summed E-state index contributed by atoms with van der Waals surface area (Å²) in [4.78, 5) is 25.2. The number of hydrogen-bond donors (Lipinski definition) is 2. The molecule has 6 nitrogen and oxygen atoms in total. The quantitative estimate of drug-likeness (QED) is 0.508. The van der Waals surface area contributed by atoms with Gasteiger partial charge >= 0.3 is 0 Å². The number of ether oxygens (including phenoxy) is 2. The molecule has 6 heteroatoms. The lowest BCUT2D eigenvalue weighted by Gasteiger charge is -2.38. The van der Waals surface area contributed by atoms with Gasteiger partial charge < -0.3 is 20.1 Å². The first-order valence-electron chi connectivity index (χ1n) is 11.7. The third kappa shape index (κ3) is 5.64. The summed E-state index contributed by atoms with van der Waals surface area (Å²) in [6.45, 7) is 4.45. The fraction of sp³-hybridized carbons (Fsp3) is 0.286. The number of carbonyl (C=O) groups excluding carboxylic acids is 2. The molecule has 4 rings (SSSR count). The van der Waals surface area contributed by atoms with Gasteiger partial charge in [-0.05, 0) is 73.9 Å². The van der Waals surface area contributed by atoms with Crippen LogP contribution in [0.5, 0.6) is 5.75 Å². The summed E-state index contributed by atoms with van der Waals surface area (Å²) in [6, 6.07) is 24.1. The van der Waals surface area contributed by atoms with E-state index in [1.165, 1.54) is 5.56 Å². The molecule has 3 aromatic rings. The average molecular weight is 459 g/mol. The minimum atomic E-state index is -0.186. The van der Waals surface area contributed by atoms with Crippen LogP contribution < -0.4 is 15.4 Å². The van der Waals surface area contributed by atoms with E-state index in [0.717, 1.165) is 18.6 Å². The molecule has 1 heterocycles.